The van der Waals surface area contributed by atoms with Crippen molar-refractivity contribution in [3.05, 3.63) is 70.2 Å². The van der Waals surface area contributed by atoms with E-state index in [0.717, 1.165) is 44.2 Å². The van der Waals surface area contributed by atoms with E-state index in [2.05, 4.69) is 15.2 Å². The van der Waals surface area contributed by atoms with Crippen LogP contribution in [0.4, 0.5) is 13.2 Å². The fourth-order valence-corrected chi connectivity index (χ4v) is 4.73. The third kappa shape index (κ3) is 4.28. The zero-order valence-electron chi connectivity index (χ0n) is 15.6. The molecule has 2 heterocycles. The molecule has 0 aliphatic carbocycles. The lowest BCUT2D eigenvalue weighted by atomic mass is 10.1. The Kier molecular flexibility index (Phi) is 5.31. The van der Waals surface area contributed by atoms with Gasteiger partial charge in [0.2, 0.25) is 0 Å². The maximum atomic E-state index is 12.7. The lowest BCUT2D eigenvalue weighted by molar-refractivity contribution is -0.137. The first kappa shape index (κ1) is 19.8. The molecule has 4 aromatic rings. The molecule has 2 aromatic heterocycles. The van der Waals surface area contributed by atoms with Crippen molar-refractivity contribution in [3.8, 4) is 11.3 Å². The van der Waals surface area contributed by atoms with Crippen molar-refractivity contribution in [2.24, 2.45) is 0 Å². The van der Waals surface area contributed by atoms with Crippen molar-refractivity contribution in [3.63, 3.8) is 0 Å². The number of nitrogens with zero attached hydrogens (tertiary/aromatic N) is 3. The van der Waals surface area contributed by atoms with Crippen LogP contribution in [0, 0.1) is 13.8 Å². The molecule has 0 spiro atoms. The van der Waals surface area contributed by atoms with E-state index >= 15 is 0 Å². The van der Waals surface area contributed by atoms with Crippen LogP contribution >= 0.6 is 23.1 Å². The zero-order valence-corrected chi connectivity index (χ0v) is 17.3. The number of aryl methyl sites for hydroxylation is 2. The number of thioether (sulfide) groups is 1. The van der Waals surface area contributed by atoms with Gasteiger partial charge in [0.25, 0.3) is 0 Å². The van der Waals surface area contributed by atoms with Crippen LogP contribution in [0.1, 0.15) is 21.7 Å². The van der Waals surface area contributed by atoms with Crippen molar-refractivity contribution < 1.29 is 13.2 Å². The van der Waals surface area contributed by atoms with Gasteiger partial charge in [-0.3, -0.25) is 0 Å². The van der Waals surface area contributed by atoms with Crippen LogP contribution in [0.25, 0.3) is 21.5 Å². The van der Waals surface area contributed by atoms with Gasteiger partial charge in [0, 0.05) is 11.3 Å². The van der Waals surface area contributed by atoms with Crippen molar-refractivity contribution in [1.82, 2.24) is 15.2 Å². The summed E-state index contributed by atoms with van der Waals surface area (Å²) in [4.78, 5) is 4.62. The van der Waals surface area contributed by atoms with Crippen molar-refractivity contribution >= 4 is 33.3 Å². The van der Waals surface area contributed by atoms with Crippen LogP contribution in [-0.4, -0.2) is 15.2 Å². The van der Waals surface area contributed by atoms with E-state index in [1.54, 1.807) is 11.3 Å². The second-order valence-corrected chi connectivity index (χ2v) is 8.78. The minimum absolute atomic E-state index is 0.488. The van der Waals surface area contributed by atoms with Gasteiger partial charge in [-0.15, -0.1) is 21.5 Å². The number of rotatable bonds is 4. The maximum absolute atomic E-state index is 12.7. The Labute approximate surface area is 174 Å². The number of halogens is 3. The Bertz CT molecular complexity index is 1150. The van der Waals surface area contributed by atoms with Gasteiger partial charge in [-0.1, -0.05) is 53.7 Å². The molecule has 3 nitrogen and oxygen atoms in total. The Morgan fingerprint density at radius 2 is 1.62 bits per heavy atom. The number of hydrogen-bond donors (Lipinski definition) is 0. The Morgan fingerprint density at radius 3 is 2.28 bits per heavy atom. The van der Waals surface area contributed by atoms with Gasteiger partial charge < -0.3 is 0 Å². The van der Waals surface area contributed by atoms with Gasteiger partial charge in [0.1, 0.15) is 16.2 Å². The van der Waals surface area contributed by atoms with Crippen LogP contribution in [-0.2, 0) is 11.9 Å². The summed E-state index contributed by atoms with van der Waals surface area (Å²) < 4.78 is 39.1. The van der Waals surface area contributed by atoms with E-state index in [4.69, 9.17) is 0 Å². The molecule has 0 saturated heterocycles. The van der Waals surface area contributed by atoms with E-state index in [0.29, 0.717) is 10.8 Å². The molecule has 8 heteroatoms. The standard InChI is InChI=1S/C21H16F3N3S2/c1-12-3-7-15(8-4-12)17-19-18(25-13(2)29-19)20(27-26-17)28-11-14-5-9-16(10-6-14)21(22,23)24/h3-10H,11H2,1-2H3. The zero-order chi connectivity index (χ0) is 20.6. The van der Waals surface area contributed by atoms with Gasteiger partial charge in [-0.2, -0.15) is 13.2 Å². The molecular weight excluding hydrogens is 415 g/mol. The van der Waals surface area contributed by atoms with Crippen LogP contribution in [0.2, 0.25) is 0 Å². The summed E-state index contributed by atoms with van der Waals surface area (Å²) >= 11 is 2.99. The average Bonchev–Trinajstić information content (AvgIpc) is 3.08. The minimum atomic E-state index is -4.33. The smallest absolute Gasteiger partial charge is 0.238 e. The second kappa shape index (κ2) is 7.76. The number of hydrogen-bond acceptors (Lipinski definition) is 5. The molecule has 0 amide bonds. The normalized spacial score (nSPS) is 11.9. The number of fused-ring (bicyclic) bond motifs is 1. The first-order valence-electron chi connectivity index (χ1n) is 8.81. The third-order valence-electron chi connectivity index (χ3n) is 4.37. The molecule has 148 valence electrons. The fourth-order valence-electron chi connectivity index (χ4n) is 2.86. The quantitative estimate of drug-likeness (QED) is 0.338. The highest BCUT2D eigenvalue weighted by Gasteiger charge is 2.29. The van der Waals surface area contributed by atoms with Crippen LogP contribution < -0.4 is 0 Å². The predicted octanol–water partition coefficient (Wildman–Crippen LogP) is 6.68. The topological polar surface area (TPSA) is 38.7 Å². The molecule has 0 atom stereocenters. The first-order valence-corrected chi connectivity index (χ1v) is 10.6. The fraction of sp³-hybridized carbons (Fsp3) is 0.190. The summed E-state index contributed by atoms with van der Waals surface area (Å²) in [5, 5.41) is 10.4. The number of alkyl halides is 3. The highest BCUT2D eigenvalue weighted by atomic mass is 32.2. The number of aromatic nitrogens is 3. The maximum Gasteiger partial charge on any atom is 0.416 e. The summed E-state index contributed by atoms with van der Waals surface area (Å²) in [6.45, 7) is 3.97. The molecule has 4 rings (SSSR count). The monoisotopic (exact) mass is 431 g/mol. The predicted molar refractivity (Wildman–Crippen MR) is 111 cm³/mol. The van der Waals surface area contributed by atoms with E-state index in [-0.39, 0.29) is 0 Å². The molecule has 0 unspecified atom stereocenters. The highest BCUT2D eigenvalue weighted by Crippen LogP contribution is 2.36. The van der Waals surface area contributed by atoms with E-state index < -0.39 is 11.7 Å². The van der Waals surface area contributed by atoms with E-state index in [1.807, 2.05) is 38.1 Å². The summed E-state index contributed by atoms with van der Waals surface area (Å²) in [6, 6.07) is 13.3. The molecular formula is C21H16F3N3S2. The summed E-state index contributed by atoms with van der Waals surface area (Å²) in [5.74, 6) is 0.488. The van der Waals surface area contributed by atoms with Crippen molar-refractivity contribution in [2.75, 3.05) is 0 Å². The second-order valence-electron chi connectivity index (χ2n) is 6.61. The van der Waals surface area contributed by atoms with Crippen LogP contribution in [0.5, 0.6) is 0 Å². The van der Waals surface area contributed by atoms with Gasteiger partial charge in [0.15, 0.2) is 0 Å². The molecule has 0 aliphatic heterocycles. The summed E-state index contributed by atoms with van der Waals surface area (Å²) in [5.41, 5.74) is 3.87. The first-order chi connectivity index (χ1) is 13.8. The largest absolute Gasteiger partial charge is 0.416 e. The van der Waals surface area contributed by atoms with Gasteiger partial charge >= 0.3 is 6.18 Å². The lowest BCUT2D eigenvalue weighted by Gasteiger charge is -2.08. The summed E-state index contributed by atoms with van der Waals surface area (Å²) in [7, 11) is 0. The molecule has 0 saturated carbocycles. The average molecular weight is 432 g/mol. The molecule has 29 heavy (non-hydrogen) atoms. The highest BCUT2D eigenvalue weighted by molar-refractivity contribution is 7.98. The van der Waals surface area contributed by atoms with Crippen LogP contribution in [0.15, 0.2) is 53.6 Å². The molecule has 0 fully saturated rings. The number of benzene rings is 2. The SMILES string of the molecule is Cc1ccc(-c2nnc(SCc3ccc(C(F)(F)F)cc3)c3nc(C)sc23)cc1. The Morgan fingerprint density at radius 1 is 0.931 bits per heavy atom. The molecule has 0 radical (unpaired) electrons. The molecule has 2 aromatic carbocycles. The van der Waals surface area contributed by atoms with Gasteiger partial charge in [-0.05, 0) is 31.5 Å². The van der Waals surface area contributed by atoms with E-state index in [9.17, 15) is 13.2 Å². The van der Waals surface area contributed by atoms with Gasteiger partial charge in [0.05, 0.1) is 15.3 Å². The van der Waals surface area contributed by atoms with Crippen LogP contribution in [0.3, 0.4) is 0 Å². The van der Waals surface area contributed by atoms with Crippen molar-refractivity contribution in [1.29, 1.82) is 0 Å². The number of thiazole rings is 1. The van der Waals surface area contributed by atoms with E-state index in [1.165, 1.54) is 29.5 Å². The van der Waals surface area contributed by atoms with Gasteiger partial charge in [-0.25, -0.2) is 4.98 Å². The third-order valence-corrected chi connectivity index (χ3v) is 6.38. The molecule has 0 N–H and O–H groups in total. The Balaban J connectivity index is 1.62. The molecule has 0 aliphatic rings. The molecule has 0 bridgehead atoms. The Hall–Kier alpha value is -2.45. The summed E-state index contributed by atoms with van der Waals surface area (Å²) in [6.07, 6.45) is -4.33. The van der Waals surface area contributed by atoms with Crippen molar-refractivity contribution in [2.45, 2.75) is 30.8 Å². The lowest BCUT2D eigenvalue weighted by Crippen LogP contribution is -2.04. The minimum Gasteiger partial charge on any atom is -0.238 e.